The van der Waals surface area contributed by atoms with Crippen molar-refractivity contribution < 1.29 is 26.8 Å². The van der Waals surface area contributed by atoms with Crippen LogP contribution in [0, 0.1) is 18.6 Å². The van der Waals surface area contributed by atoms with Crippen LogP contribution in [-0.4, -0.2) is 20.2 Å². The third-order valence-corrected chi connectivity index (χ3v) is 5.77. The summed E-state index contributed by atoms with van der Waals surface area (Å²) in [5, 5.41) is 0. The number of halogens is 2. The van der Waals surface area contributed by atoms with E-state index in [4.69, 9.17) is 0 Å². The average molecular weight is 445 g/mol. The van der Waals surface area contributed by atoms with Crippen LogP contribution < -0.4 is 15.6 Å². The molecule has 7 nitrogen and oxygen atoms in total. The van der Waals surface area contributed by atoms with Crippen LogP contribution in [-0.2, 0) is 10.0 Å². The molecule has 0 unspecified atom stereocenters. The van der Waals surface area contributed by atoms with Crippen LogP contribution in [0.5, 0.6) is 0 Å². The summed E-state index contributed by atoms with van der Waals surface area (Å²) in [6.45, 7) is 1.54. The van der Waals surface area contributed by atoms with Gasteiger partial charge in [-0.1, -0.05) is 18.2 Å². The first-order chi connectivity index (χ1) is 14.7. The fraction of sp³-hybridized carbons (Fsp3) is 0.0476. The first kappa shape index (κ1) is 21.9. The average Bonchev–Trinajstić information content (AvgIpc) is 2.74. The normalized spacial score (nSPS) is 10.9. The summed E-state index contributed by atoms with van der Waals surface area (Å²) in [7, 11) is -4.08. The lowest BCUT2D eigenvalue weighted by Crippen LogP contribution is -2.42. The molecule has 0 saturated heterocycles. The number of rotatable bonds is 5. The summed E-state index contributed by atoms with van der Waals surface area (Å²) in [5.74, 6) is -2.95. The third-order valence-electron chi connectivity index (χ3n) is 4.24. The molecular formula is C21H17F2N3O4S. The second-order valence-corrected chi connectivity index (χ2v) is 8.13. The van der Waals surface area contributed by atoms with Crippen LogP contribution in [0.4, 0.5) is 14.5 Å². The summed E-state index contributed by atoms with van der Waals surface area (Å²) in [6, 6.07) is 13.9. The Hall–Kier alpha value is -3.79. The first-order valence-corrected chi connectivity index (χ1v) is 10.4. The van der Waals surface area contributed by atoms with E-state index < -0.39 is 33.5 Å². The molecule has 3 aromatic rings. The number of carbonyl (C=O) groups excluding carboxylic acids is 2. The van der Waals surface area contributed by atoms with Crippen molar-refractivity contribution in [1.29, 1.82) is 0 Å². The van der Waals surface area contributed by atoms with Crippen molar-refractivity contribution in [3.63, 3.8) is 0 Å². The van der Waals surface area contributed by atoms with E-state index in [-0.39, 0.29) is 21.7 Å². The van der Waals surface area contributed by atoms with E-state index in [0.29, 0.717) is 5.56 Å². The third kappa shape index (κ3) is 5.23. The molecule has 0 radical (unpaired) electrons. The summed E-state index contributed by atoms with van der Waals surface area (Å²) >= 11 is 0. The predicted molar refractivity (Wildman–Crippen MR) is 110 cm³/mol. The maximum Gasteiger partial charge on any atom is 0.272 e. The number of hydrazine groups is 1. The van der Waals surface area contributed by atoms with Gasteiger partial charge < -0.3 is 0 Å². The Morgan fingerprint density at radius 3 is 2.16 bits per heavy atom. The molecule has 0 fully saturated rings. The van der Waals surface area contributed by atoms with E-state index >= 15 is 0 Å². The van der Waals surface area contributed by atoms with Crippen molar-refractivity contribution in [3.05, 3.63) is 95.1 Å². The van der Waals surface area contributed by atoms with E-state index in [1.165, 1.54) is 42.5 Å². The van der Waals surface area contributed by atoms with Crippen molar-refractivity contribution >= 4 is 27.5 Å². The van der Waals surface area contributed by atoms with Gasteiger partial charge >= 0.3 is 0 Å². The highest BCUT2D eigenvalue weighted by atomic mass is 32.2. The minimum atomic E-state index is -4.08. The molecule has 3 aromatic carbocycles. The van der Waals surface area contributed by atoms with Crippen molar-refractivity contribution in [2.45, 2.75) is 11.8 Å². The number of benzene rings is 3. The number of anilines is 1. The summed E-state index contributed by atoms with van der Waals surface area (Å²) < 4.78 is 54.4. The van der Waals surface area contributed by atoms with Gasteiger partial charge in [-0.2, -0.15) is 0 Å². The molecule has 31 heavy (non-hydrogen) atoms. The molecule has 3 N–H and O–H groups in total. The summed E-state index contributed by atoms with van der Waals surface area (Å²) in [5.41, 5.74) is 4.38. The highest BCUT2D eigenvalue weighted by Crippen LogP contribution is 2.21. The topological polar surface area (TPSA) is 104 Å². The van der Waals surface area contributed by atoms with Crippen LogP contribution in [0.15, 0.2) is 71.6 Å². The van der Waals surface area contributed by atoms with Crippen LogP contribution in [0.2, 0.25) is 0 Å². The molecule has 10 heteroatoms. The molecule has 0 atom stereocenters. The second kappa shape index (κ2) is 8.92. The fourth-order valence-electron chi connectivity index (χ4n) is 2.66. The molecule has 0 heterocycles. The Labute approximate surface area is 177 Å². The van der Waals surface area contributed by atoms with E-state index in [1.807, 2.05) is 0 Å². The van der Waals surface area contributed by atoms with E-state index in [9.17, 15) is 26.8 Å². The number of carbonyl (C=O) groups is 2. The lowest BCUT2D eigenvalue weighted by Gasteiger charge is -2.13. The second-order valence-electron chi connectivity index (χ2n) is 6.48. The zero-order valence-electron chi connectivity index (χ0n) is 16.1. The van der Waals surface area contributed by atoms with Gasteiger partial charge in [-0.25, -0.2) is 17.2 Å². The molecular weight excluding hydrogens is 428 g/mol. The van der Waals surface area contributed by atoms with Crippen molar-refractivity contribution in [3.8, 4) is 0 Å². The van der Waals surface area contributed by atoms with Gasteiger partial charge in [0.15, 0.2) is 0 Å². The Balaban J connectivity index is 1.76. The molecule has 0 bridgehead atoms. The molecule has 0 aromatic heterocycles. The fourth-order valence-corrected chi connectivity index (χ4v) is 3.99. The van der Waals surface area contributed by atoms with Gasteiger partial charge in [-0.05, 0) is 61.0 Å². The van der Waals surface area contributed by atoms with Gasteiger partial charge in [0.2, 0.25) is 0 Å². The predicted octanol–water partition coefficient (Wildman–Crippen LogP) is 3.15. The van der Waals surface area contributed by atoms with Crippen molar-refractivity contribution in [2.24, 2.45) is 0 Å². The van der Waals surface area contributed by atoms with Crippen LogP contribution in [0.1, 0.15) is 26.3 Å². The Morgan fingerprint density at radius 1 is 0.839 bits per heavy atom. The highest BCUT2D eigenvalue weighted by molar-refractivity contribution is 7.92. The smallest absolute Gasteiger partial charge is 0.272 e. The van der Waals surface area contributed by atoms with Gasteiger partial charge in [0.1, 0.15) is 11.6 Å². The quantitative estimate of drug-likeness (QED) is 0.525. The van der Waals surface area contributed by atoms with Crippen molar-refractivity contribution in [1.82, 2.24) is 10.9 Å². The Kier molecular flexibility index (Phi) is 6.30. The molecule has 0 spiro atoms. The number of hydrogen-bond acceptors (Lipinski definition) is 4. The molecule has 3 rings (SSSR count). The maximum atomic E-state index is 13.6. The van der Waals surface area contributed by atoms with Crippen molar-refractivity contribution in [2.75, 3.05) is 4.72 Å². The number of amides is 2. The van der Waals surface area contributed by atoms with Gasteiger partial charge in [0.05, 0.1) is 10.5 Å². The molecule has 160 valence electrons. The molecule has 0 aliphatic rings. The monoisotopic (exact) mass is 445 g/mol. The minimum absolute atomic E-state index is 0.0566. The standard InChI is InChI=1S/C21H17F2N3O4S/c1-13-6-7-14(20(27)24-25-21(28)17-4-2-3-5-18(17)23)12-19(13)31(29,30)26-16-10-8-15(22)9-11-16/h2-12,26H,1H3,(H,24,27)(H,25,28). The van der Waals surface area contributed by atoms with Gasteiger partial charge in [0.25, 0.3) is 21.8 Å². The Morgan fingerprint density at radius 2 is 1.48 bits per heavy atom. The number of hydrogen-bond donors (Lipinski definition) is 3. The molecule has 0 aliphatic heterocycles. The molecule has 2 amide bonds. The molecule has 0 saturated carbocycles. The first-order valence-electron chi connectivity index (χ1n) is 8.91. The SMILES string of the molecule is Cc1ccc(C(=O)NNC(=O)c2ccccc2F)cc1S(=O)(=O)Nc1ccc(F)cc1. The number of sulfonamides is 1. The van der Waals surface area contributed by atoms with Gasteiger partial charge in [0, 0.05) is 11.3 Å². The lowest BCUT2D eigenvalue weighted by atomic mass is 10.1. The van der Waals surface area contributed by atoms with E-state index in [1.54, 1.807) is 6.92 Å². The zero-order valence-corrected chi connectivity index (χ0v) is 17.0. The van der Waals surface area contributed by atoms with Crippen LogP contribution in [0.3, 0.4) is 0 Å². The summed E-state index contributed by atoms with van der Waals surface area (Å²) in [6.07, 6.45) is 0. The maximum absolute atomic E-state index is 13.6. The Bertz CT molecular complexity index is 1250. The van der Waals surface area contributed by atoms with Crippen LogP contribution >= 0.6 is 0 Å². The van der Waals surface area contributed by atoms with E-state index in [2.05, 4.69) is 15.6 Å². The zero-order chi connectivity index (χ0) is 22.6. The lowest BCUT2D eigenvalue weighted by molar-refractivity contribution is 0.0844. The summed E-state index contributed by atoms with van der Waals surface area (Å²) in [4.78, 5) is 24.2. The van der Waals surface area contributed by atoms with Gasteiger partial charge in [-0.15, -0.1) is 0 Å². The van der Waals surface area contributed by atoms with Gasteiger partial charge in [-0.3, -0.25) is 25.2 Å². The largest absolute Gasteiger partial charge is 0.280 e. The van der Waals surface area contributed by atoms with E-state index in [0.717, 1.165) is 24.3 Å². The minimum Gasteiger partial charge on any atom is -0.280 e. The number of aryl methyl sites for hydroxylation is 1. The van der Waals surface area contributed by atoms with Crippen LogP contribution in [0.25, 0.3) is 0 Å². The molecule has 0 aliphatic carbocycles. The highest BCUT2D eigenvalue weighted by Gasteiger charge is 2.20. The number of nitrogens with one attached hydrogen (secondary N) is 3.